The van der Waals surface area contributed by atoms with Crippen molar-refractivity contribution in [2.45, 2.75) is 0 Å². The predicted octanol–water partition coefficient (Wildman–Crippen LogP) is 2.97. The van der Waals surface area contributed by atoms with Gasteiger partial charge in [0.05, 0.1) is 15.9 Å². The molecular formula is C12H7N2O4. The molecule has 0 aromatic heterocycles. The van der Waals surface area contributed by atoms with Crippen LogP contribution < -0.4 is 0 Å². The van der Waals surface area contributed by atoms with Gasteiger partial charge in [0.25, 0.3) is 11.4 Å². The fourth-order valence-corrected chi connectivity index (χ4v) is 1.51. The first kappa shape index (κ1) is 11.7. The van der Waals surface area contributed by atoms with Gasteiger partial charge in [-0.25, -0.2) is 0 Å². The molecule has 6 heteroatoms. The van der Waals surface area contributed by atoms with Gasteiger partial charge < -0.3 is 0 Å². The molecule has 89 valence electrons. The number of benzene rings is 2. The summed E-state index contributed by atoms with van der Waals surface area (Å²) in [5.41, 5.74) is 1.15. The van der Waals surface area contributed by atoms with Crippen molar-refractivity contribution in [2.75, 3.05) is 0 Å². The molecule has 0 N–H and O–H groups in total. The van der Waals surface area contributed by atoms with Crippen LogP contribution in [0.2, 0.25) is 0 Å². The summed E-state index contributed by atoms with van der Waals surface area (Å²) in [5.74, 6) is 0. The van der Waals surface area contributed by atoms with Gasteiger partial charge in [-0.05, 0) is 29.3 Å². The number of hydrogen-bond acceptors (Lipinski definition) is 4. The Bertz CT molecular complexity index is 608. The summed E-state index contributed by atoms with van der Waals surface area (Å²) >= 11 is 0. The maximum absolute atomic E-state index is 10.6. The van der Waals surface area contributed by atoms with Crippen LogP contribution in [0.15, 0.2) is 42.5 Å². The van der Waals surface area contributed by atoms with Crippen molar-refractivity contribution in [3.8, 4) is 11.1 Å². The number of hydrogen-bond donors (Lipinski definition) is 0. The first-order chi connectivity index (χ1) is 8.58. The molecular weight excluding hydrogens is 236 g/mol. The van der Waals surface area contributed by atoms with Crippen molar-refractivity contribution >= 4 is 11.4 Å². The van der Waals surface area contributed by atoms with Crippen molar-refractivity contribution in [1.29, 1.82) is 0 Å². The lowest BCUT2D eigenvalue weighted by Gasteiger charge is -2.00. The van der Waals surface area contributed by atoms with Crippen LogP contribution in [0.3, 0.4) is 0 Å². The average molecular weight is 243 g/mol. The zero-order valence-corrected chi connectivity index (χ0v) is 9.07. The highest BCUT2D eigenvalue weighted by Crippen LogP contribution is 2.25. The Labute approximate surface area is 102 Å². The molecule has 1 radical (unpaired) electrons. The standard InChI is InChI=1S/C12H7N2O4/c15-13(16)11-6-4-9(5-7-11)10-2-1-3-12(8-10)14(17)18/h1-2,4-8H. The number of nitro groups is 2. The van der Waals surface area contributed by atoms with Crippen molar-refractivity contribution < 1.29 is 9.85 Å². The van der Waals surface area contributed by atoms with E-state index in [2.05, 4.69) is 6.07 Å². The highest BCUT2D eigenvalue weighted by atomic mass is 16.6. The summed E-state index contributed by atoms with van der Waals surface area (Å²) < 4.78 is 0. The summed E-state index contributed by atoms with van der Waals surface area (Å²) in [6, 6.07) is 12.8. The summed E-state index contributed by atoms with van der Waals surface area (Å²) in [7, 11) is 0. The van der Waals surface area contributed by atoms with E-state index in [0.717, 1.165) is 0 Å². The van der Waals surface area contributed by atoms with Crippen LogP contribution in [0.25, 0.3) is 11.1 Å². The van der Waals surface area contributed by atoms with E-state index in [-0.39, 0.29) is 11.4 Å². The predicted molar refractivity (Wildman–Crippen MR) is 64.0 cm³/mol. The molecule has 0 heterocycles. The van der Waals surface area contributed by atoms with Crippen LogP contribution >= 0.6 is 0 Å². The van der Waals surface area contributed by atoms with Gasteiger partial charge in [-0.15, -0.1) is 0 Å². The number of rotatable bonds is 3. The van der Waals surface area contributed by atoms with Gasteiger partial charge in [0.1, 0.15) is 0 Å². The van der Waals surface area contributed by atoms with Crippen molar-refractivity contribution in [2.24, 2.45) is 0 Å². The van der Waals surface area contributed by atoms with Crippen LogP contribution in [-0.2, 0) is 0 Å². The van der Waals surface area contributed by atoms with Crippen molar-refractivity contribution in [3.05, 3.63) is 68.8 Å². The topological polar surface area (TPSA) is 86.3 Å². The molecule has 18 heavy (non-hydrogen) atoms. The van der Waals surface area contributed by atoms with E-state index < -0.39 is 9.85 Å². The number of nitrogens with zero attached hydrogens (tertiary/aromatic N) is 2. The Kier molecular flexibility index (Phi) is 3.01. The van der Waals surface area contributed by atoms with Crippen LogP contribution in [0.1, 0.15) is 0 Å². The van der Waals surface area contributed by atoms with Crippen LogP contribution in [0.5, 0.6) is 0 Å². The molecule has 0 saturated carbocycles. The van der Waals surface area contributed by atoms with Gasteiger partial charge >= 0.3 is 0 Å². The van der Waals surface area contributed by atoms with E-state index in [4.69, 9.17) is 0 Å². The molecule has 0 atom stereocenters. The third-order valence-electron chi connectivity index (χ3n) is 2.39. The fraction of sp³-hybridized carbons (Fsp3) is 0. The number of nitro benzene ring substituents is 2. The monoisotopic (exact) mass is 243 g/mol. The maximum Gasteiger partial charge on any atom is 0.278 e. The largest absolute Gasteiger partial charge is 0.278 e. The lowest BCUT2D eigenvalue weighted by atomic mass is 10.0. The molecule has 0 saturated heterocycles. The molecule has 2 aromatic carbocycles. The minimum atomic E-state index is -0.533. The Morgan fingerprint density at radius 3 is 2.11 bits per heavy atom. The molecule has 2 aromatic rings. The summed E-state index contributed by atoms with van der Waals surface area (Å²) in [6.45, 7) is 0. The second kappa shape index (κ2) is 4.62. The maximum atomic E-state index is 10.6. The second-order valence-corrected chi connectivity index (χ2v) is 3.52. The normalized spacial score (nSPS) is 10.0. The third-order valence-corrected chi connectivity index (χ3v) is 2.39. The van der Waals surface area contributed by atoms with Crippen LogP contribution in [0, 0.1) is 26.3 Å². The molecule has 0 bridgehead atoms. The van der Waals surface area contributed by atoms with E-state index >= 15 is 0 Å². The van der Waals surface area contributed by atoms with Gasteiger partial charge in [0.2, 0.25) is 0 Å². The van der Waals surface area contributed by atoms with Crippen LogP contribution in [0.4, 0.5) is 11.4 Å². The Balaban J connectivity index is 2.39. The zero-order chi connectivity index (χ0) is 13.1. The van der Waals surface area contributed by atoms with E-state index in [0.29, 0.717) is 11.1 Å². The fourth-order valence-electron chi connectivity index (χ4n) is 1.51. The molecule has 0 aliphatic carbocycles. The Morgan fingerprint density at radius 2 is 1.56 bits per heavy atom. The molecule has 0 aliphatic rings. The zero-order valence-electron chi connectivity index (χ0n) is 9.07. The van der Waals surface area contributed by atoms with Gasteiger partial charge in [-0.3, -0.25) is 20.2 Å². The molecule has 0 aliphatic heterocycles. The first-order valence-corrected chi connectivity index (χ1v) is 4.99. The lowest BCUT2D eigenvalue weighted by Crippen LogP contribution is -1.89. The minimum absolute atomic E-state index is 0.0178. The van der Waals surface area contributed by atoms with Gasteiger partial charge in [0.15, 0.2) is 0 Å². The van der Waals surface area contributed by atoms with E-state index in [9.17, 15) is 20.2 Å². The summed E-state index contributed by atoms with van der Waals surface area (Å²) in [5, 5.41) is 21.1. The second-order valence-electron chi connectivity index (χ2n) is 3.52. The molecule has 2 rings (SSSR count). The Morgan fingerprint density at radius 1 is 0.889 bits per heavy atom. The lowest BCUT2D eigenvalue weighted by molar-refractivity contribution is -0.385. The van der Waals surface area contributed by atoms with Gasteiger partial charge in [0, 0.05) is 18.2 Å². The highest BCUT2D eigenvalue weighted by molar-refractivity contribution is 5.66. The molecule has 6 nitrogen and oxygen atoms in total. The van der Waals surface area contributed by atoms with Crippen molar-refractivity contribution in [1.82, 2.24) is 0 Å². The molecule has 0 unspecified atom stereocenters. The molecule has 0 amide bonds. The molecule has 0 spiro atoms. The quantitative estimate of drug-likeness (QED) is 0.612. The third kappa shape index (κ3) is 2.32. The highest BCUT2D eigenvalue weighted by Gasteiger charge is 2.09. The Hall–Kier alpha value is -2.76. The smallest absolute Gasteiger partial charge is 0.258 e. The van der Waals surface area contributed by atoms with E-state index in [1.54, 1.807) is 18.2 Å². The van der Waals surface area contributed by atoms with Gasteiger partial charge in [-0.1, -0.05) is 6.07 Å². The minimum Gasteiger partial charge on any atom is -0.258 e. The van der Waals surface area contributed by atoms with Crippen molar-refractivity contribution in [3.63, 3.8) is 0 Å². The summed E-state index contributed by atoms with van der Waals surface area (Å²) in [4.78, 5) is 20.1. The first-order valence-electron chi connectivity index (χ1n) is 4.99. The van der Waals surface area contributed by atoms with E-state index in [1.807, 2.05) is 0 Å². The molecule has 0 fully saturated rings. The van der Waals surface area contributed by atoms with Crippen LogP contribution in [-0.4, -0.2) is 9.85 Å². The number of non-ortho nitro benzene ring substituents is 2. The average Bonchev–Trinajstić information content (AvgIpc) is 2.39. The SMILES string of the molecule is O=[N+]([O-])c1[c]ccc(-c2ccc([N+](=O)[O-])cc2)c1. The van der Waals surface area contributed by atoms with E-state index in [1.165, 1.54) is 24.3 Å². The summed E-state index contributed by atoms with van der Waals surface area (Å²) in [6.07, 6.45) is 0. The van der Waals surface area contributed by atoms with Gasteiger partial charge in [-0.2, -0.15) is 0 Å².